The fraction of sp³-hybridized carbons (Fsp3) is 0.385. The van der Waals surface area contributed by atoms with Crippen LogP contribution in [0.15, 0.2) is 30.3 Å². The van der Waals surface area contributed by atoms with Gasteiger partial charge in [0.15, 0.2) is 0 Å². The molecule has 0 heterocycles. The van der Waals surface area contributed by atoms with Gasteiger partial charge in [0, 0.05) is 0 Å². The van der Waals surface area contributed by atoms with Gasteiger partial charge in [0.2, 0.25) is 0 Å². The molecule has 3 heteroatoms. The summed E-state index contributed by atoms with van der Waals surface area (Å²) >= 11 is 2.34. The van der Waals surface area contributed by atoms with Crippen molar-refractivity contribution in [2.75, 3.05) is 0 Å². The molecule has 0 N–H and O–H groups in total. The first-order chi connectivity index (χ1) is 6.62. The summed E-state index contributed by atoms with van der Waals surface area (Å²) in [6.07, 6.45) is 5.86. The Balaban J connectivity index is 0.00000112. The summed E-state index contributed by atoms with van der Waals surface area (Å²) in [6, 6.07) is 8.73. The van der Waals surface area contributed by atoms with Crippen LogP contribution < -0.4 is 0 Å². The van der Waals surface area contributed by atoms with E-state index in [0.29, 0.717) is 0 Å². The molecule has 1 aliphatic rings. The number of allylic oxidation sites excluding steroid dienone is 1. The van der Waals surface area contributed by atoms with E-state index >= 15 is 0 Å². The molecule has 2 rings (SSSR count). The van der Waals surface area contributed by atoms with Crippen LogP contribution in [0.25, 0.3) is 6.08 Å². The minimum atomic E-state index is 0. The second-order valence-corrected chi connectivity index (χ2v) is 5.88. The van der Waals surface area contributed by atoms with Crippen LogP contribution >= 0.6 is 24.8 Å². The zero-order valence-corrected chi connectivity index (χ0v) is 12.8. The number of rotatable bonds is 2. The number of benzene rings is 1. The molecule has 0 amide bonds. The van der Waals surface area contributed by atoms with Gasteiger partial charge in [-0.3, -0.25) is 0 Å². The van der Waals surface area contributed by atoms with Crippen molar-refractivity contribution in [1.29, 1.82) is 0 Å². The fourth-order valence-corrected chi connectivity index (χ4v) is 3.32. The fourth-order valence-electron chi connectivity index (χ4n) is 2.19. The van der Waals surface area contributed by atoms with Crippen molar-refractivity contribution in [2.24, 2.45) is 5.92 Å². The summed E-state index contributed by atoms with van der Waals surface area (Å²) in [6.45, 7) is 4.58. The van der Waals surface area contributed by atoms with Crippen molar-refractivity contribution in [3.05, 3.63) is 41.5 Å². The summed E-state index contributed by atoms with van der Waals surface area (Å²) in [7, 11) is 0. The van der Waals surface area contributed by atoms with Crippen molar-refractivity contribution < 1.29 is 20.4 Å². The van der Waals surface area contributed by atoms with Gasteiger partial charge in [0.1, 0.15) is 0 Å². The summed E-state index contributed by atoms with van der Waals surface area (Å²) < 4.78 is 0.269. The van der Waals surface area contributed by atoms with Crippen LogP contribution in [0.3, 0.4) is 0 Å². The number of halogens is 2. The smallest absolute Gasteiger partial charge is 0.147 e. The van der Waals surface area contributed by atoms with E-state index in [4.69, 9.17) is 0 Å². The molecular weight excluding hydrogens is 275 g/mol. The Kier molecular flexibility index (Phi) is 6.36. The molecule has 0 radical (unpaired) electrons. The third-order valence-corrected chi connectivity index (χ3v) is 3.72. The molecule has 1 aromatic carbocycles. The monoisotopic (exact) mass is 291 g/mol. The Labute approximate surface area is 122 Å². The molecule has 1 aliphatic carbocycles. The first-order valence-electron chi connectivity index (χ1n) is 5.15. The first kappa shape index (κ1) is 16.3. The maximum Gasteiger partial charge on any atom is -0.147 e. The van der Waals surface area contributed by atoms with E-state index in [-0.39, 0.29) is 28.5 Å². The van der Waals surface area contributed by atoms with Crippen LogP contribution in [-0.2, 0) is 24.2 Å². The van der Waals surface area contributed by atoms with E-state index < -0.39 is 0 Å². The van der Waals surface area contributed by atoms with Gasteiger partial charge in [-0.1, -0.05) is 0 Å². The molecule has 0 saturated carbocycles. The molecule has 0 spiro atoms. The van der Waals surface area contributed by atoms with Gasteiger partial charge in [0.25, 0.3) is 0 Å². The summed E-state index contributed by atoms with van der Waals surface area (Å²) in [4.78, 5) is 0. The van der Waals surface area contributed by atoms with Crippen LogP contribution in [0.5, 0.6) is 0 Å². The Hall–Kier alpha value is 0.254. The minimum absolute atomic E-state index is 0. The van der Waals surface area contributed by atoms with E-state index in [1.54, 1.807) is 0 Å². The molecule has 0 bridgehead atoms. The molecule has 87 valence electrons. The van der Waals surface area contributed by atoms with Gasteiger partial charge < -0.3 is 0 Å². The first-order valence-corrected chi connectivity index (χ1v) is 5.94. The standard InChI is InChI=1S/C13H15.2ClH.Ti/c1-10(2)9-12-8-7-11-5-3-4-6-13(11)12;;;/h3-8,10H,9H2,1-2H3;2*1H;. The van der Waals surface area contributed by atoms with Gasteiger partial charge in [-0.05, 0) is 0 Å². The molecule has 1 aromatic rings. The minimum Gasteiger partial charge on any atom is -0.147 e. The average molecular weight is 292 g/mol. The molecule has 0 fully saturated rings. The van der Waals surface area contributed by atoms with E-state index in [2.05, 4.69) is 70.7 Å². The predicted octanol–water partition coefficient (Wildman–Crippen LogP) is 4.35. The zero-order valence-electron chi connectivity index (χ0n) is 9.57. The Morgan fingerprint density at radius 3 is 2.44 bits per heavy atom. The molecule has 16 heavy (non-hydrogen) atoms. The summed E-state index contributed by atoms with van der Waals surface area (Å²) in [5.74, 6) is 0.746. The van der Waals surface area contributed by atoms with E-state index in [9.17, 15) is 0 Å². The van der Waals surface area contributed by atoms with E-state index in [1.807, 2.05) is 0 Å². The van der Waals surface area contributed by atoms with Crippen LogP contribution in [0.2, 0.25) is 0 Å². The van der Waals surface area contributed by atoms with Crippen LogP contribution in [0.4, 0.5) is 0 Å². The molecular formula is C13H17Cl2Ti. The van der Waals surface area contributed by atoms with Gasteiger partial charge in [0.05, 0.1) is 0 Å². The predicted molar refractivity (Wildman–Crippen MR) is 71.1 cm³/mol. The van der Waals surface area contributed by atoms with E-state index in [0.717, 1.165) is 5.92 Å². The zero-order chi connectivity index (χ0) is 10.2. The van der Waals surface area contributed by atoms with Crippen molar-refractivity contribution in [3.8, 4) is 0 Å². The Morgan fingerprint density at radius 2 is 1.81 bits per heavy atom. The molecule has 0 aliphatic heterocycles. The largest absolute Gasteiger partial charge is 0.147 e. The van der Waals surface area contributed by atoms with Crippen molar-refractivity contribution in [2.45, 2.75) is 24.0 Å². The second kappa shape index (κ2) is 6.26. The van der Waals surface area contributed by atoms with Gasteiger partial charge in [-0.15, -0.1) is 24.8 Å². The van der Waals surface area contributed by atoms with Crippen LogP contribution in [-0.4, -0.2) is 0 Å². The molecule has 0 nitrogen and oxygen atoms in total. The molecule has 1 unspecified atom stereocenters. The average Bonchev–Trinajstić information content (AvgIpc) is 2.44. The van der Waals surface area contributed by atoms with Gasteiger partial charge in [-0.25, -0.2) is 0 Å². The number of hydrogen-bond acceptors (Lipinski definition) is 0. The van der Waals surface area contributed by atoms with Crippen LogP contribution in [0.1, 0.15) is 31.4 Å². The maximum atomic E-state index is 2.36. The third-order valence-electron chi connectivity index (χ3n) is 2.72. The van der Waals surface area contributed by atoms with Crippen molar-refractivity contribution >= 4 is 30.9 Å². The van der Waals surface area contributed by atoms with Crippen molar-refractivity contribution in [3.63, 3.8) is 0 Å². The topological polar surface area (TPSA) is 0 Å². The SMILES string of the molecule is CC(C)C[C]1([Ti])C=Cc2ccccc21.Cl.Cl. The normalized spacial score (nSPS) is 21.1. The Bertz CT molecular complexity index is 374. The number of fused-ring (bicyclic) bond motifs is 1. The summed E-state index contributed by atoms with van der Waals surface area (Å²) in [5.41, 5.74) is 2.89. The summed E-state index contributed by atoms with van der Waals surface area (Å²) in [5, 5.41) is 0. The van der Waals surface area contributed by atoms with Crippen molar-refractivity contribution in [1.82, 2.24) is 0 Å². The number of hydrogen-bond donors (Lipinski definition) is 0. The van der Waals surface area contributed by atoms with Crippen LogP contribution in [0, 0.1) is 5.92 Å². The molecule has 0 saturated heterocycles. The second-order valence-electron chi connectivity index (χ2n) is 4.49. The third kappa shape index (κ3) is 3.14. The van der Waals surface area contributed by atoms with Gasteiger partial charge in [-0.2, -0.15) is 0 Å². The quantitative estimate of drug-likeness (QED) is 0.711. The maximum absolute atomic E-state index is 2.36. The van der Waals surface area contributed by atoms with Gasteiger partial charge >= 0.3 is 97.9 Å². The molecule has 0 aromatic heterocycles. The molecule has 1 atom stereocenters. The van der Waals surface area contributed by atoms with E-state index in [1.165, 1.54) is 17.5 Å². The Morgan fingerprint density at radius 1 is 1.19 bits per heavy atom.